The number of nitrogens with one attached hydrogen (secondary N) is 1. The van der Waals surface area contributed by atoms with Crippen LogP contribution in [0.4, 0.5) is 4.39 Å². The maximum Gasteiger partial charge on any atom is 0.123 e. The van der Waals surface area contributed by atoms with E-state index < -0.39 is 0 Å². The van der Waals surface area contributed by atoms with Gasteiger partial charge in [-0.2, -0.15) is 0 Å². The first-order chi connectivity index (χ1) is 6.66. The predicted octanol–water partition coefficient (Wildman–Crippen LogP) is 1.62. The van der Waals surface area contributed by atoms with Crippen molar-refractivity contribution in [2.24, 2.45) is 5.73 Å². The minimum Gasteiger partial charge on any atom is -0.386 e. The summed E-state index contributed by atoms with van der Waals surface area (Å²) in [6.45, 7) is 2.74. The van der Waals surface area contributed by atoms with Gasteiger partial charge in [-0.05, 0) is 36.3 Å². The first-order valence-corrected chi connectivity index (χ1v) is 4.64. The summed E-state index contributed by atoms with van der Waals surface area (Å²) < 4.78 is 13.0. The van der Waals surface area contributed by atoms with Crippen molar-refractivity contribution >= 4 is 0 Å². The highest BCUT2D eigenvalue weighted by atomic mass is 19.1. The molecule has 0 radical (unpaired) electrons. The van der Waals surface area contributed by atoms with E-state index in [2.05, 4.69) is 5.32 Å². The van der Waals surface area contributed by atoms with Crippen molar-refractivity contribution < 1.29 is 4.39 Å². The van der Waals surface area contributed by atoms with Gasteiger partial charge in [0.1, 0.15) is 5.82 Å². The number of rotatable bonds is 1. The van der Waals surface area contributed by atoms with E-state index in [1.807, 2.05) is 13.0 Å². The van der Waals surface area contributed by atoms with E-state index in [-0.39, 0.29) is 11.7 Å². The fraction of sp³-hybridized carbons (Fsp3) is 0.273. The Morgan fingerprint density at radius 2 is 2.29 bits per heavy atom. The Kier molecular flexibility index (Phi) is 2.15. The second-order valence-corrected chi connectivity index (χ2v) is 3.61. The van der Waals surface area contributed by atoms with Crippen molar-refractivity contribution in [1.82, 2.24) is 5.32 Å². The molecule has 1 unspecified atom stereocenters. The van der Waals surface area contributed by atoms with Gasteiger partial charge in [0, 0.05) is 12.5 Å². The fourth-order valence-corrected chi connectivity index (χ4v) is 1.77. The van der Waals surface area contributed by atoms with Gasteiger partial charge in [-0.3, -0.25) is 0 Å². The summed E-state index contributed by atoms with van der Waals surface area (Å²) in [5.74, 6) is 0.689. The number of halogens is 1. The highest BCUT2D eigenvalue weighted by Gasteiger charge is 2.17. The molecular formula is C11H13FN2. The van der Waals surface area contributed by atoms with Crippen molar-refractivity contribution in [2.75, 3.05) is 6.54 Å². The third-order valence-electron chi connectivity index (χ3n) is 2.55. The molecule has 0 saturated carbocycles. The van der Waals surface area contributed by atoms with Crippen LogP contribution in [0.1, 0.15) is 17.0 Å². The van der Waals surface area contributed by atoms with Crippen LogP contribution in [0.2, 0.25) is 0 Å². The molecule has 2 nitrogen and oxygen atoms in total. The second-order valence-electron chi connectivity index (χ2n) is 3.61. The van der Waals surface area contributed by atoms with Gasteiger partial charge in [-0.25, -0.2) is 4.39 Å². The summed E-state index contributed by atoms with van der Waals surface area (Å²) in [6.07, 6.45) is 1.93. The molecule has 1 aliphatic heterocycles. The van der Waals surface area contributed by atoms with Gasteiger partial charge < -0.3 is 11.1 Å². The third-order valence-corrected chi connectivity index (χ3v) is 2.55. The molecule has 0 spiro atoms. The summed E-state index contributed by atoms with van der Waals surface area (Å²) in [5.41, 5.74) is 7.72. The fourth-order valence-electron chi connectivity index (χ4n) is 1.77. The summed E-state index contributed by atoms with van der Waals surface area (Å²) in [6, 6.07) is 4.86. The zero-order chi connectivity index (χ0) is 10.1. The summed E-state index contributed by atoms with van der Waals surface area (Å²) in [4.78, 5) is 0. The van der Waals surface area contributed by atoms with Crippen LogP contribution in [-0.4, -0.2) is 6.54 Å². The molecule has 0 fully saturated rings. The maximum atomic E-state index is 13.0. The predicted molar refractivity (Wildman–Crippen MR) is 54.2 cm³/mol. The molecule has 1 aromatic carbocycles. The van der Waals surface area contributed by atoms with Crippen molar-refractivity contribution in [3.8, 4) is 0 Å². The van der Waals surface area contributed by atoms with Gasteiger partial charge in [0.15, 0.2) is 0 Å². The van der Waals surface area contributed by atoms with E-state index in [0.29, 0.717) is 5.82 Å². The molecule has 0 aliphatic carbocycles. The monoisotopic (exact) mass is 192 g/mol. The summed E-state index contributed by atoms with van der Waals surface area (Å²) >= 11 is 0. The van der Waals surface area contributed by atoms with E-state index in [1.165, 1.54) is 6.07 Å². The lowest BCUT2D eigenvalue weighted by molar-refractivity contribution is 0.622. The lowest BCUT2D eigenvalue weighted by Gasteiger charge is -2.10. The number of hydrogen-bond acceptors (Lipinski definition) is 2. The topological polar surface area (TPSA) is 38.0 Å². The van der Waals surface area contributed by atoms with Gasteiger partial charge in [0.05, 0.1) is 5.82 Å². The molecule has 2 rings (SSSR count). The van der Waals surface area contributed by atoms with Crippen LogP contribution in [0.25, 0.3) is 0 Å². The lowest BCUT2D eigenvalue weighted by Crippen LogP contribution is -2.16. The van der Waals surface area contributed by atoms with E-state index >= 15 is 0 Å². The van der Waals surface area contributed by atoms with Gasteiger partial charge in [0.25, 0.3) is 0 Å². The van der Waals surface area contributed by atoms with E-state index in [4.69, 9.17) is 5.73 Å². The molecule has 0 amide bonds. The van der Waals surface area contributed by atoms with Crippen LogP contribution < -0.4 is 11.1 Å². The normalized spacial score (nSPS) is 20.4. The average Bonchev–Trinajstić information content (AvgIpc) is 2.56. The van der Waals surface area contributed by atoms with Crippen molar-refractivity contribution in [3.05, 3.63) is 47.0 Å². The van der Waals surface area contributed by atoms with Crippen LogP contribution in [-0.2, 0) is 0 Å². The quantitative estimate of drug-likeness (QED) is 0.709. The number of hydrogen-bond donors (Lipinski definition) is 2. The minimum atomic E-state index is -0.190. The molecule has 0 aromatic heterocycles. The van der Waals surface area contributed by atoms with Gasteiger partial charge >= 0.3 is 0 Å². The SMILES string of the molecule is Cc1ccc(F)cc1C1C=C(N)NC1. The van der Waals surface area contributed by atoms with E-state index in [1.54, 1.807) is 12.1 Å². The zero-order valence-corrected chi connectivity index (χ0v) is 8.05. The van der Waals surface area contributed by atoms with Crippen LogP contribution in [0.3, 0.4) is 0 Å². The third kappa shape index (κ3) is 1.58. The first kappa shape index (κ1) is 9.06. The van der Waals surface area contributed by atoms with Crippen LogP contribution >= 0.6 is 0 Å². The second kappa shape index (κ2) is 3.33. The van der Waals surface area contributed by atoms with Gasteiger partial charge in [0.2, 0.25) is 0 Å². The highest BCUT2D eigenvalue weighted by Crippen LogP contribution is 2.24. The number of aryl methyl sites for hydroxylation is 1. The molecule has 0 bridgehead atoms. The van der Waals surface area contributed by atoms with Crippen molar-refractivity contribution in [2.45, 2.75) is 12.8 Å². The number of benzene rings is 1. The summed E-state index contributed by atoms with van der Waals surface area (Å²) in [7, 11) is 0. The molecule has 1 aliphatic rings. The standard InChI is InChI=1S/C11H13FN2/c1-7-2-3-9(12)5-10(7)8-4-11(13)14-6-8/h2-5,8,14H,6,13H2,1H3. The molecular weight excluding hydrogens is 179 g/mol. The molecule has 3 heteroatoms. The molecule has 14 heavy (non-hydrogen) atoms. The minimum absolute atomic E-state index is 0.190. The Hall–Kier alpha value is -1.51. The Labute approximate surface area is 82.6 Å². The molecule has 74 valence electrons. The van der Waals surface area contributed by atoms with Gasteiger partial charge in [-0.15, -0.1) is 0 Å². The molecule has 1 aromatic rings. The first-order valence-electron chi connectivity index (χ1n) is 4.64. The van der Waals surface area contributed by atoms with Crippen molar-refractivity contribution in [3.63, 3.8) is 0 Å². The number of nitrogens with two attached hydrogens (primary N) is 1. The highest BCUT2D eigenvalue weighted by molar-refractivity contribution is 5.35. The molecule has 0 saturated heterocycles. The van der Waals surface area contributed by atoms with Gasteiger partial charge in [-0.1, -0.05) is 6.07 Å². The Morgan fingerprint density at radius 1 is 1.50 bits per heavy atom. The van der Waals surface area contributed by atoms with E-state index in [0.717, 1.165) is 17.7 Å². The Bertz CT molecular complexity index is 385. The van der Waals surface area contributed by atoms with Crippen LogP contribution in [0.5, 0.6) is 0 Å². The molecule has 1 heterocycles. The van der Waals surface area contributed by atoms with E-state index in [9.17, 15) is 4.39 Å². The zero-order valence-electron chi connectivity index (χ0n) is 8.05. The molecule has 1 atom stereocenters. The Morgan fingerprint density at radius 3 is 2.93 bits per heavy atom. The smallest absolute Gasteiger partial charge is 0.123 e. The van der Waals surface area contributed by atoms with Crippen LogP contribution in [0, 0.1) is 12.7 Å². The maximum absolute atomic E-state index is 13.0. The van der Waals surface area contributed by atoms with Crippen molar-refractivity contribution in [1.29, 1.82) is 0 Å². The van der Waals surface area contributed by atoms with Crippen LogP contribution in [0.15, 0.2) is 30.1 Å². The average molecular weight is 192 g/mol. The lowest BCUT2D eigenvalue weighted by atomic mass is 9.96. The Balaban J connectivity index is 2.36. The summed E-state index contributed by atoms with van der Waals surface area (Å²) in [5, 5.41) is 3.03. The largest absolute Gasteiger partial charge is 0.386 e. The molecule has 3 N–H and O–H groups in total.